The molecule has 0 aromatic rings. The third-order valence-electron chi connectivity index (χ3n) is 3.09. The first-order valence-corrected chi connectivity index (χ1v) is 5.82. The Hall–Kier alpha value is -0.560. The topological polar surface area (TPSA) is 35.5 Å². The summed E-state index contributed by atoms with van der Waals surface area (Å²) in [5.41, 5.74) is 0. The van der Waals surface area contributed by atoms with Gasteiger partial charge in [-0.1, -0.05) is 12.8 Å². The van der Waals surface area contributed by atoms with Gasteiger partial charge in [-0.2, -0.15) is 0 Å². The lowest BCUT2D eigenvalue weighted by Gasteiger charge is -2.33. The van der Waals surface area contributed by atoms with Crippen molar-refractivity contribution in [3.63, 3.8) is 0 Å². The number of rotatable bonds is 5. The molecule has 86 valence electrons. The molecule has 0 bridgehead atoms. The lowest BCUT2D eigenvalue weighted by Crippen LogP contribution is -2.47. The number of nitrogens with zero attached hydrogens (tertiary/aromatic N) is 1. The van der Waals surface area contributed by atoms with E-state index in [4.69, 9.17) is 11.5 Å². The lowest BCUT2D eigenvalue weighted by atomic mass is 10.0. The number of aliphatic hydroxyl groups excluding tert-OH is 1. The summed E-state index contributed by atoms with van der Waals surface area (Å²) in [6.07, 6.45) is 8.54. The minimum Gasteiger partial charge on any atom is -0.395 e. The Bertz CT molecular complexity index is 200. The second-order valence-corrected chi connectivity index (χ2v) is 4.21. The van der Waals surface area contributed by atoms with Crippen molar-refractivity contribution in [3.8, 4) is 12.3 Å². The number of nitrogens with one attached hydrogen (secondary N) is 1. The Morgan fingerprint density at radius 1 is 1.53 bits per heavy atom. The van der Waals surface area contributed by atoms with Gasteiger partial charge in [0, 0.05) is 25.2 Å². The van der Waals surface area contributed by atoms with Crippen LogP contribution in [0.25, 0.3) is 0 Å². The highest BCUT2D eigenvalue weighted by Gasteiger charge is 2.19. The first-order valence-electron chi connectivity index (χ1n) is 5.82. The summed E-state index contributed by atoms with van der Waals surface area (Å²) in [5, 5.41) is 12.6. The van der Waals surface area contributed by atoms with Crippen molar-refractivity contribution in [1.29, 1.82) is 0 Å². The zero-order valence-corrected chi connectivity index (χ0v) is 9.58. The van der Waals surface area contributed by atoms with Crippen LogP contribution in [0.4, 0.5) is 0 Å². The summed E-state index contributed by atoms with van der Waals surface area (Å²) in [7, 11) is 0. The Kier molecular flexibility index (Phi) is 5.70. The summed E-state index contributed by atoms with van der Waals surface area (Å²) < 4.78 is 0. The molecule has 3 heteroatoms. The van der Waals surface area contributed by atoms with Crippen LogP contribution in [-0.4, -0.2) is 48.3 Å². The van der Waals surface area contributed by atoms with Gasteiger partial charge in [-0.25, -0.2) is 0 Å². The molecule has 0 unspecified atom stereocenters. The van der Waals surface area contributed by atoms with Crippen LogP contribution >= 0.6 is 0 Å². The summed E-state index contributed by atoms with van der Waals surface area (Å²) >= 11 is 0. The normalized spacial score (nSPS) is 21.1. The Morgan fingerprint density at radius 2 is 2.20 bits per heavy atom. The van der Waals surface area contributed by atoms with Crippen molar-refractivity contribution in [2.45, 2.75) is 38.3 Å². The van der Waals surface area contributed by atoms with Gasteiger partial charge in [0.25, 0.3) is 0 Å². The molecule has 0 saturated carbocycles. The molecule has 0 amide bonds. The van der Waals surface area contributed by atoms with Crippen LogP contribution in [0.15, 0.2) is 0 Å². The van der Waals surface area contributed by atoms with Crippen molar-refractivity contribution < 1.29 is 5.11 Å². The van der Waals surface area contributed by atoms with Gasteiger partial charge in [-0.05, 0) is 19.3 Å². The van der Waals surface area contributed by atoms with E-state index >= 15 is 0 Å². The van der Waals surface area contributed by atoms with Gasteiger partial charge in [0.05, 0.1) is 13.2 Å². The van der Waals surface area contributed by atoms with Gasteiger partial charge in [0.2, 0.25) is 0 Å². The van der Waals surface area contributed by atoms with Gasteiger partial charge < -0.3 is 10.4 Å². The van der Waals surface area contributed by atoms with E-state index < -0.39 is 0 Å². The van der Waals surface area contributed by atoms with E-state index in [-0.39, 0.29) is 12.6 Å². The van der Waals surface area contributed by atoms with Crippen molar-refractivity contribution in [2.75, 3.05) is 26.2 Å². The number of piperidine rings is 1. The summed E-state index contributed by atoms with van der Waals surface area (Å²) in [6.45, 7) is 5.25. The van der Waals surface area contributed by atoms with Crippen molar-refractivity contribution >= 4 is 0 Å². The fourth-order valence-corrected chi connectivity index (χ4v) is 2.02. The summed E-state index contributed by atoms with van der Waals surface area (Å²) in [4.78, 5) is 2.30. The molecule has 15 heavy (non-hydrogen) atoms. The predicted octanol–water partition coefficient (Wildman–Crippen LogP) is 0.444. The molecular weight excluding hydrogens is 188 g/mol. The maximum Gasteiger partial charge on any atom is 0.0598 e. The number of terminal acetylenes is 1. The quantitative estimate of drug-likeness (QED) is 0.647. The van der Waals surface area contributed by atoms with Gasteiger partial charge in [0.15, 0.2) is 0 Å². The predicted molar refractivity (Wildman–Crippen MR) is 62.6 cm³/mol. The third-order valence-corrected chi connectivity index (χ3v) is 3.09. The third kappa shape index (κ3) is 4.21. The maximum absolute atomic E-state index is 9.09. The highest BCUT2D eigenvalue weighted by Crippen LogP contribution is 2.10. The van der Waals surface area contributed by atoms with E-state index in [1.54, 1.807) is 0 Å². The van der Waals surface area contributed by atoms with E-state index in [0.29, 0.717) is 6.04 Å². The van der Waals surface area contributed by atoms with Gasteiger partial charge in [-0.3, -0.25) is 4.90 Å². The van der Waals surface area contributed by atoms with Crippen LogP contribution in [0, 0.1) is 12.3 Å². The molecule has 1 heterocycles. The van der Waals surface area contributed by atoms with Crippen LogP contribution in [-0.2, 0) is 0 Å². The molecule has 1 aliphatic rings. The van der Waals surface area contributed by atoms with E-state index in [1.165, 1.54) is 0 Å². The van der Waals surface area contributed by atoms with Crippen LogP contribution in [0.3, 0.4) is 0 Å². The fourth-order valence-electron chi connectivity index (χ4n) is 2.02. The van der Waals surface area contributed by atoms with Crippen molar-refractivity contribution in [1.82, 2.24) is 10.2 Å². The highest BCUT2D eigenvalue weighted by molar-refractivity contribution is 4.90. The molecule has 1 aliphatic heterocycles. The molecule has 3 nitrogen and oxygen atoms in total. The SMILES string of the molecule is C#CCN1CCC(N[C@H](CC)CO)CC1. The molecule has 1 fully saturated rings. The average Bonchev–Trinajstić information content (AvgIpc) is 2.28. The maximum atomic E-state index is 9.09. The first-order chi connectivity index (χ1) is 7.30. The molecule has 2 N–H and O–H groups in total. The number of likely N-dealkylation sites (tertiary alicyclic amines) is 1. The molecule has 0 aromatic carbocycles. The number of hydrogen-bond acceptors (Lipinski definition) is 3. The standard InChI is InChI=1S/C12H22N2O/c1-3-7-14-8-5-12(6-9-14)13-11(4-2)10-15/h1,11-13,15H,4-10H2,2H3/t11-/m1/s1. The van der Waals surface area contributed by atoms with Crippen LogP contribution < -0.4 is 5.32 Å². The zero-order chi connectivity index (χ0) is 11.1. The van der Waals surface area contributed by atoms with E-state index in [1.807, 2.05) is 0 Å². The van der Waals surface area contributed by atoms with Crippen molar-refractivity contribution in [2.24, 2.45) is 0 Å². The molecule has 0 radical (unpaired) electrons. The van der Waals surface area contributed by atoms with Gasteiger partial charge in [0.1, 0.15) is 0 Å². The zero-order valence-electron chi connectivity index (χ0n) is 9.58. The monoisotopic (exact) mass is 210 g/mol. The van der Waals surface area contributed by atoms with Crippen LogP contribution in [0.5, 0.6) is 0 Å². The van der Waals surface area contributed by atoms with E-state index in [9.17, 15) is 0 Å². The average molecular weight is 210 g/mol. The second kappa shape index (κ2) is 6.84. The summed E-state index contributed by atoms with van der Waals surface area (Å²) in [6, 6.07) is 0.810. The number of hydrogen-bond donors (Lipinski definition) is 2. The van der Waals surface area contributed by atoms with Crippen LogP contribution in [0.1, 0.15) is 26.2 Å². The largest absolute Gasteiger partial charge is 0.395 e. The number of aliphatic hydroxyl groups is 1. The molecule has 0 aromatic heterocycles. The Balaban J connectivity index is 2.22. The lowest BCUT2D eigenvalue weighted by molar-refractivity contribution is 0.180. The van der Waals surface area contributed by atoms with Crippen molar-refractivity contribution in [3.05, 3.63) is 0 Å². The molecule has 1 atom stereocenters. The minimum atomic E-state index is 0.237. The minimum absolute atomic E-state index is 0.237. The fraction of sp³-hybridized carbons (Fsp3) is 0.833. The second-order valence-electron chi connectivity index (χ2n) is 4.21. The van der Waals surface area contributed by atoms with Gasteiger partial charge in [-0.15, -0.1) is 6.42 Å². The molecular formula is C12H22N2O. The van der Waals surface area contributed by atoms with Gasteiger partial charge >= 0.3 is 0 Å². The first kappa shape index (κ1) is 12.5. The molecule has 0 aliphatic carbocycles. The molecule has 1 rings (SSSR count). The Morgan fingerprint density at radius 3 is 2.67 bits per heavy atom. The molecule has 1 saturated heterocycles. The van der Waals surface area contributed by atoms with E-state index in [0.717, 1.165) is 38.9 Å². The smallest absolute Gasteiger partial charge is 0.0598 e. The molecule has 0 spiro atoms. The summed E-state index contributed by atoms with van der Waals surface area (Å²) in [5.74, 6) is 2.68. The van der Waals surface area contributed by atoms with Crippen LogP contribution in [0.2, 0.25) is 0 Å². The van der Waals surface area contributed by atoms with E-state index in [2.05, 4.69) is 23.1 Å². The highest BCUT2D eigenvalue weighted by atomic mass is 16.3. The Labute approximate surface area is 92.9 Å².